The molecule has 0 aliphatic carbocycles. The van der Waals surface area contributed by atoms with E-state index in [1.807, 2.05) is 6.07 Å². The van der Waals surface area contributed by atoms with Crippen LogP contribution in [0.15, 0.2) is 30.5 Å². The number of nitrogens with zero attached hydrogens (tertiary/aromatic N) is 2. The van der Waals surface area contributed by atoms with E-state index in [-0.39, 0.29) is 5.82 Å². The number of rotatable bonds is 6. The van der Waals surface area contributed by atoms with Crippen LogP contribution in [0, 0.1) is 5.82 Å². The highest BCUT2D eigenvalue weighted by molar-refractivity contribution is 6.32. The molecule has 1 N–H and O–H groups in total. The molecule has 0 atom stereocenters. The van der Waals surface area contributed by atoms with E-state index in [1.165, 1.54) is 12.1 Å². The molecule has 4 nitrogen and oxygen atoms in total. The number of benzene rings is 1. The van der Waals surface area contributed by atoms with Gasteiger partial charge in [0.25, 0.3) is 0 Å². The van der Waals surface area contributed by atoms with Gasteiger partial charge in [-0.2, -0.15) is 5.10 Å². The summed E-state index contributed by atoms with van der Waals surface area (Å²) >= 11 is 5.99. The average Bonchev–Trinajstić information content (AvgIpc) is 2.83. The van der Waals surface area contributed by atoms with E-state index in [0.29, 0.717) is 23.9 Å². The lowest BCUT2D eigenvalue weighted by atomic mass is 10.3. The zero-order chi connectivity index (χ0) is 13.7. The van der Waals surface area contributed by atoms with Crippen LogP contribution < -0.4 is 5.32 Å². The highest BCUT2D eigenvalue weighted by atomic mass is 35.5. The molecular formula is C13H15ClFN3O. The van der Waals surface area contributed by atoms with Crippen LogP contribution in [0.25, 0.3) is 5.69 Å². The van der Waals surface area contributed by atoms with Gasteiger partial charge in [-0.25, -0.2) is 9.07 Å². The van der Waals surface area contributed by atoms with Gasteiger partial charge in [0.1, 0.15) is 5.82 Å². The topological polar surface area (TPSA) is 39.1 Å². The van der Waals surface area contributed by atoms with Crippen molar-refractivity contribution in [2.75, 3.05) is 20.3 Å². The third-order valence-corrected chi connectivity index (χ3v) is 2.89. The summed E-state index contributed by atoms with van der Waals surface area (Å²) in [6.45, 7) is 2.07. The number of nitrogens with one attached hydrogen (secondary N) is 1. The van der Waals surface area contributed by atoms with Crippen LogP contribution in [0.1, 0.15) is 5.69 Å². The van der Waals surface area contributed by atoms with Crippen molar-refractivity contribution in [3.05, 3.63) is 47.0 Å². The van der Waals surface area contributed by atoms with E-state index < -0.39 is 0 Å². The Hall–Kier alpha value is -1.43. The molecule has 0 saturated heterocycles. The summed E-state index contributed by atoms with van der Waals surface area (Å²) in [5, 5.41) is 7.91. The first kappa shape index (κ1) is 14.0. The molecule has 6 heteroatoms. The van der Waals surface area contributed by atoms with Gasteiger partial charge in [-0.15, -0.1) is 0 Å². The Kier molecular flexibility index (Phi) is 4.90. The van der Waals surface area contributed by atoms with Crippen molar-refractivity contribution in [3.8, 4) is 5.69 Å². The molecule has 0 unspecified atom stereocenters. The van der Waals surface area contributed by atoms with Crippen molar-refractivity contribution in [3.63, 3.8) is 0 Å². The van der Waals surface area contributed by atoms with Gasteiger partial charge in [0.05, 0.1) is 23.0 Å². The van der Waals surface area contributed by atoms with Crippen LogP contribution in [0.3, 0.4) is 0 Å². The molecule has 0 fully saturated rings. The van der Waals surface area contributed by atoms with Crippen LogP contribution in [-0.4, -0.2) is 30.0 Å². The molecule has 1 aromatic heterocycles. The summed E-state index contributed by atoms with van der Waals surface area (Å²) in [6.07, 6.45) is 1.80. The Morgan fingerprint density at radius 3 is 3.00 bits per heavy atom. The first-order chi connectivity index (χ1) is 9.20. The third-order valence-electron chi connectivity index (χ3n) is 2.59. The third kappa shape index (κ3) is 3.76. The van der Waals surface area contributed by atoms with Crippen LogP contribution in [0.2, 0.25) is 5.02 Å². The molecule has 0 aliphatic rings. The maximum absolute atomic E-state index is 13.0. The number of ether oxygens (including phenoxy) is 1. The molecule has 2 aromatic rings. The molecule has 0 aliphatic heterocycles. The van der Waals surface area contributed by atoms with Crippen LogP contribution >= 0.6 is 11.6 Å². The maximum Gasteiger partial charge on any atom is 0.124 e. The molecule has 1 heterocycles. The molecule has 2 rings (SSSR count). The number of aromatic nitrogens is 2. The van der Waals surface area contributed by atoms with Gasteiger partial charge in [0.15, 0.2) is 0 Å². The monoisotopic (exact) mass is 283 g/mol. The molecule has 0 amide bonds. The molecule has 0 saturated carbocycles. The predicted octanol–water partition coefficient (Wildman–Crippen LogP) is 2.40. The van der Waals surface area contributed by atoms with E-state index in [0.717, 1.165) is 12.2 Å². The highest BCUT2D eigenvalue weighted by Gasteiger charge is 2.06. The minimum absolute atomic E-state index is 0.335. The van der Waals surface area contributed by atoms with Crippen LogP contribution in [0.5, 0.6) is 0 Å². The summed E-state index contributed by atoms with van der Waals surface area (Å²) in [7, 11) is 1.66. The smallest absolute Gasteiger partial charge is 0.124 e. The SMILES string of the molecule is COCCNCc1ccn(-c2ccc(F)cc2Cl)n1. The standard InChI is InChI=1S/C13H15ClFN3O/c1-19-7-5-16-9-11-4-6-18(17-11)13-3-2-10(15)8-12(13)14/h2-4,6,8,16H,5,7,9H2,1H3. The molecule has 1 aromatic carbocycles. The van der Waals surface area contributed by atoms with Gasteiger partial charge in [0, 0.05) is 26.4 Å². The van der Waals surface area contributed by atoms with Gasteiger partial charge in [-0.1, -0.05) is 11.6 Å². The van der Waals surface area contributed by atoms with Crippen molar-refractivity contribution in [1.82, 2.24) is 15.1 Å². The lowest BCUT2D eigenvalue weighted by Gasteiger charge is -2.04. The second-order valence-corrected chi connectivity index (χ2v) is 4.42. The fourth-order valence-corrected chi connectivity index (χ4v) is 1.90. The summed E-state index contributed by atoms with van der Waals surface area (Å²) in [5.74, 6) is -0.359. The number of halogens is 2. The van der Waals surface area contributed by atoms with Gasteiger partial charge in [-0.3, -0.25) is 0 Å². The van der Waals surface area contributed by atoms with Gasteiger partial charge < -0.3 is 10.1 Å². The normalized spacial score (nSPS) is 10.9. The average molecular weight is 284 g/mol. The first-order valence-corrected chi connectivity index (χ1v) is 6.28. The summed E-state index contributed by atoms with van der Waals surface area (Å²) < 4.78 is 19.5. The summed E-state index contributed by atoms with van der Waals surface area (Å²) in [5.41, 5.74) is 1.54. The van der Waals surface area contributed by atoms with E-state index in [2.05, 4.69) is 10.4 Å². The van der Waals surface area contributed by atoms with Crippen molar-refractivity contribution < 1.29 is 9.13 Å². The highest BCUT2D eigenvalue weighted by Crippen LogP contribution is 2.20. The van der Waals surface area contributed by atoms with Crippen LogP contribution in [-0.2, 0) is 11.3 Å². The maximum atomic E-state index is 13.0. The Labute approximate surface area is 116 Å². The first-order valence-electron chi connectivity index (χ1n) is 5.90. The zero-order valence-electron chi connectivity index (χ0n) is 10.6. The van der Waals surface area contributed by atoms with Gasteiger partial charge >= 0.3 is 0 Å². The second kappa shape index (κ2) is 6.65. The van der Waals surface area contributed by atoms with Crippen LogP contribution in [0.4, 0.5) is 4.39 Å². The lowest BCUT2D eigenvalue weighted by Crippen LogP contribution is -2.18. The molecule has 0 radical (unpaired) electrons. The number of hydrogen-bond donors (Lipinski definition) is 1. The van der Waals surface area contributed by atoms with Crippen molar-refractivity contribution >= 4 is 11.6 Å². The Balaban J connectivity index is 2.04. The minimum Gasteiger partial charge on any atom is -0.383 e. The molecule has 0 spiro atoms. The fourth-order valence-electron chi connectivity index (χ4n) is 1.65. The Morgan fingerprint density at radius 2 is 2.26 bits per heavy atom. The fraction of sp³-hybridized carbons (Fsp3) is 0.308. The van der Waals surface area contributed by atoms with Gasteiger partial charge in [0.2, 0.25) is 0 Å². The molecule has 19 heavy (non-hydrogen) atoms. The second-order valence-electron chi connectivity index (χ2n) is 4.02. The van der Waals surface area contributed by atoms with Crippen molar-refractivity contribution in [1.29, 1.82) is 0 Å². The quantitative estimate of drug-likeness (QED) is 0.828. The minimum atomic E-state index is -0.359. The Morgan fingerprint density at radius 1 is 1.42 bits per heavy atom. The molecule has 0 bridgehead atoms. The van der Waals surface area contributed by atoms with Gasteiger partial charge in [-0.05, 0) is 24.3 Å². The largest absolute Gasteiger partial charge is 0.383 e. The number of methoxy groups -OCH3 is 1. The van der Waals surface area contributed by atoms with E-state index in [4.69, 9.17) is 16.3 Å². The number of hydrogen-bond acceptors (Lipinski definition) is 3. The predicted molar refractivity (Wildman–Crippen MR) is 72.1 cm³/mol. The molecule has 102 valence electrons. The summed E-state index contributed by atoms with van der Waals surface area (Å²) in [6, 6.07) is 6.13. The van der Waals surface area contributed by atoms with Crippen molar-refractivity contribution in [2.24, 2.45) is 0 Å². The van der Waals surface area contributed by atoms with E-state index in [1.54, 1.807) is 24.1 Å². The van der Waals surface area contributed by atoms with Crippen molar-refractivity contribution in [2.45, 2.75) is 6.54 Å². The molecular weight excluding hydrogens is 269 g/mol. The Bertz CT molecular complexity index is 544. The zero-order valence-corrected chi connectivity index (χ0v) is 11.3. The van der Waals surface area contributed by atoms with E-state index in [9.17, 15) is 4.39 Å². The van der Waals surface area contributed by atoms with E-state index >= 15 is 0 Å². The summed E-state index contributed by atoms with van der Waals surface area (Å²) in [4.78, 5) is 0. The lowest BCUT2D eigenvalue weighted by molar-refractivity contribution is 0.199.